The summed E-state index contributed by atoms with van der Waals surface area (Å²) in [5.41, 5.74) is 2.10. The molecule has 158 valence electrons. The van der Waals surface area contributed by atoms with E-state index >= 15 is 0 Å². The van der Waals surface area contributed by atoms with E-state index in [9.17, 15) is 9.59 Å². The number of nitrogens with one attached hydrogen (secondary N) is 1. The number of benzene rings is 1. The summed E-state index contributed by atoms with van der Waals surface area (Å²) in [5, 5.41) is 3.23. The summed E-state index contributed by atoms with van der Waals surface area (Å²) in [6.07, 6.45) is 6.28. The zero-order valence-electron chi connectivity index (χ0n) is 17.5. The molecule has 0 spiro atoms. The Morgan fingerprint density at radius 1 is 1.14 bits per heavy atom. The molecule has 1 aliphatic carbocycles. The molecule has 6 heteroatoms. The van der Waals surface area contributed by atoms with Crippen molar-refractivity contribution >= 4 is 17.5 Å². The summed E-state index contributed by atoms with van der Waals surface area (Å²) >= 11 is 0. The Bertz CT molecular complexity index is 721. The van der Waals surface area contributed by atoms with Crippen molar-refractivity contribution in [3.05, 3.63) is 29.8 Å². The highest BCUT2D eigenvalue weighted by Crippen LogP contribution is 2.34. The number of rotatable bonds is 5. The molecule has 3 aliphatic rings. The number of nitrogens with zero attached hydrogens (tertiary/aromatic N) is 2. The van der Waals surface area contributed by atoms with Gasteiger partial charge in [0.05, 0.1) is 19.1 Å². The number of morpholine rings is 1. The molecular weight excluding hydrogens is 366 g/mol. The zero-order chi connectivity index (χ0) is 20.3. The van der Waals surface area contributed by atoms with Crippen molar-refractivity contribution in [3.63, 3.8) is 0 Å². The smallest absolute Gasteiger partial charge is 0.227 e. The molecule has 29 heavy (non-hydrogen) atoms. The molecule has 2 heterocycles. The Hall–Kier alpha value is -1.92. The Morgan fingerprint density at radius 3 is 2.52 bits per heavy atom. The van der Waals surface area contributed by atoms with Gasteiger partial charge in [0.1, 0.15) is 0 Å². The summed E-state index contributed by atoms with van der Waals surface area (Å²) in [5.74, 6) is -0.213. The first-order valence-corrected chi connectivity index (χ1v) is 11.0. The van der Waals surface area contributed by atoms with Gasteiger partial charge in [-0.1, -0.05) is 37.0 Å². The molecule has 1 N–H and O–H groups in total. The molecule has 1 aromatic carbocycles. The monoisotopic (exact) mass is 399 g/mol. The highest BCUT2D eigenvalue weighted by molar-refractivity contribution is 6.00. The Labute approximate surface area is 173 Å². The van der Waals surface area contributed by atoms with Gasteiger partial charge in [0, 0.05) is 43.8 Å². The summed E-state index contributed by atoms with van der Waals surface area (Å²) in [6.45, 7) is 6.62. The Morgan fingerprint density at radius 2 is 1.83 bits per heavy atom. The van der Waals surface area contributed by atoms with Crippen LogP contribution in [0.1, 0.15) is 44.1 Å². The van der Waals surface area contributed by atoms with Crippen molar-refractivity contribution < 1.29 is 14.3 Å². The van der Waals surface area contributed by atoms with Gasteiger partial charge in [0.15, 0.2) is 0 Å². The summed E-state index contributed by atoms with van der Waals surface area (Å²) < 4.78 is 5.54. The number of ether oxygens (including phenoxy) is 1. The third-order valence-corrected chi connectivity index (χ3v) is 6.90. The highest BCUT2D eigenvalue weighted by Gasteiger charge is 2.40. The number of hydrogen-bond acceptors (Lipinski definition) is 4. The van der Waals surface area contributed by atoms with Crippen molar-refractivity contribution in [1.82, 2.24) is 10.2 Å². The van der Waals surface area contributed by atoms with E-state index in [0.717, 1.165) is 50.4 Å². The molecule has 2 aliphatic heterocycles. The van der Waals surface area contributed by atoms with Crippen LogP contribution in [0, 0.1) is 12.8 Å². The fraction of sp³-hybridized carbons (Fsp3) is 0.652. The van der Waals surface area contributed by atoms with E-state index in [1.54, 1.807) is 4.90 Å². The quantitative estimate of drug-likeness (QED) is 0.826. The van der Waals surface area contributed by atoms with Gasteiger partial charge in [-0.25, -0.2) is 0 Å². The largest absolute Gasteiger partial charge is 0.379 e. The van der Waals surface area contributed by atoms with Crippen LogP contribution in [0.2, 0.25) is 0 Å². The van der Waals surface area contributed by atoms with Crippen LogP contribution in [-0.2, 0) is 14.3 Å². The molecule has 2 saturated heterocycles. The number of amides is 2. The fourth-order valence-electron chi connectivity index (χ4n) is 5.11. The topological polar surface area (TPSA) is 61.9 Å². The highest BCUT2D eigenvalue weighted by atomic mass is 16.5. The number of aryl methyl sites for hydroxylation is 1. The first-order chi connectivity index (χ1) is 14.1. The average Bonchev–Trinajstić information content (AvgIpc) is 3.15. The van der Waals surface area contributed by atoms with Crippen molar-refractivity contribution in [2.45, 2.75) is 51.0 Å². The first kappa shape index (κ1) is 20.4. The molecule has 0 radical (unpaired) electrons. The number of carbonyl (C=O) groups excluding carboxylic acids is 2. The van der Waals surface area contributed by atoms with Crippen LogP contribution < -0.4 is 10.2 Å². The normalized spacial score (nSPS) is 25.2. The first-order valence-electron chi connectivity index (χ1n) is 11.0. The van der Waals surface area contributed by atoms with E-state index in [1.807, 2.05) is 31.2 Å². The summed E-state index contributed by atoms with van der Waals surface area (Å²) in [6, 6.07) is 7.93. The molecule has 6 nitrogen and oxygen atoms in total. The van der Waals surface area contributed by atoms with Crippen LogP contribution in [0.15, 0.2) is 24.3 Å². The zero-order valence-corrected chi connectivity index (χ0v) is 17.5. The molecule has 1 atom stereocenters. The van der Waals surface area contributed by atoms with Crippen LogP contribution in [-0.4, -0.2) is 61.6 Å². The predicted molar refractivity (Wildman–Crippen MR) is 113 cm³/mol. The minimum absolute atomic E-state index is 0.0196. The maximum atomic E-state index is 13.0. The molecule has 0 bridgehead atoms. The standard InChI is InChI=1S/C23H33N3O3/c1-18-5-7-20(8-6-18)26-16-19(15-21(26)27)22(28)24-17-23(9-3-2-4-10-23)25-11-13-29-14-12-25/h5-8,19H,2-4,9-17H2,1H3,(H,24,28)/t19-/m1/s1. The maximum absolute atomic E-state index is 13.0. The molecule has 3 fully saturated rings. The van der Waals surface area contributed by atoms with E-state index in [4.69, 9.17) is 4.74 Å². The number of hydrogen-bond donors (Lipinski definition) is 1. The molecule has 1 saturated carbocycles. The Balaban J connectivity index is 1.38. The lowest BCUT2D eigenvalue weighted by Crippen LogP contribution is -2.60. The fourth-order valence-corrected chi connectivity index (χ4v) is 5.11. The van der Waals surface area contributed by atoms with Gasteiger partial charge in [-0.3, -0.25) is 14.5 Å². The number of anilines is 1. The van der Waals surface area contributed by atoms with E-state index < -0.39 is 0 Å². The molecule has 0 unspecified atom stereocenters. The minimum Gasteiger partial charge on any atom is -0.379 e. The third kappa shape index (κ3) is 4.48. The predicted octanol–water partition coefficient (Wildman–Crippen LogP) is 2.50. The second-order valence-corrected chi connectivity index (χ2v) is 8.84. The van der Waals surface area contributed by atoms with Gasteiger partial charge >= 0.3 is 0 Å². The minimum atomic E-state index is -0.269. The van der Waals surface area contributed by atoms with Crippen LogP contribution in [0.4, 0.5) is 5.69 Å². The second-order valence-electron chi connectivity index (χ2n) is 8.84. The second kappa shape index (κ2) is 8.84. The number of carbonyl (C=O) groups is 2. The van der Waals surface area contributed by atoms with Crippen LogP contribution in [0.5, 0.6) is 0 Å². The lowest BCUT2D eigenvalue weighted by Gasteiger charge is -2.48. The van der Waals surface area contributed by atoms with E-state index in [2.05, 4.69) is 10.2 Å². The summed E-state index contributed by atoms with van der Waals surface area (Å²) in [4.78, 5) is 29.8. The van der Waals surface area contributed by atoms with Crippen molar-refractivity contribution in [3.8, 4) is 0 Å². The van der Waals surface area contributed by atoms with Crippen LogP contribution >= 0.6 is 0 Å². The molecule has 2 amide bonds. The van der Waals surface area contributed by atoms with E-state index in [0.29, 0.717) is 19.5 Å². The maximum Gasteiger partial charge on any atom is 0.227 e. The Kier molecular flexibility index (Phi) is 6.20. The van der Waals surface area contributed by atoms with Gasteiger partial charge in [0.25, 0.3) is 0 Å². The molecule has 4 rings (SSSR count). The van der Waals surface area contributed by atoms with Gasteiger partial charge in [-0.15, -0.1) is 0 Å². The third-order valence-electron chi connectivity index (χ3n) is 6.90. The molecule has 1 aromatic rings. The van der Waals surface area contributed by atoms with Crippen molar-refractivity contribution in [1.29, 1.82) is 0 Å². The van der Waals surface area contributed by atoms with Gasteiger partial charge in [-0.05, 0) is 31.9 Å². The van der Waals surface area contributed by atoms with Crippen LogP contribution in [0.25, 0.3) is 0 Å². The average molecular weight is 400 g/mol. The van der Waals surface area contributed by atoms with Gasteiger partial charge in [-0.2, -0.15) is 0 Å². The van der Waals surface area contributed by atoms with Crippen LogP contribution in [0.3, 0.4) is 0 Å². The molecular formula is C23H33N3O3. The van der Waals surface area contributed by atoms with E-state index in [1.165, 1.54) is 19.3 Å². The van der Waals surface area contributed by atoms with Crippen molar-refractivity contribution in [2.24, 2.45) is 5.92 Å². The van der Waals surface area contributed by atoms with Gasteiger partial charge in [0.2, 0.25) is 11.8 Å². The molecule has 0 aromatic heterocycles. The lowest BCUT2D eigenvalue weighted by molar-refractivity contribution is -0.127. The van der Waals surface area contributed by atoms with Gasteiger partial charge < -0.3 is 15.0 Å². The summed E-state index contributed by atoms with van der Waals surface area (Å²) in [7, 11) is 0. The van der Waals surface area contributed by atoms with Crippen molar-refractivity contribution in [2.75, 3.05) is 44.3 Å². The SMILES string of the molecule is Cc1ccc(N2C[C@H](C(=O)NCC3(N4CCOCC4)CCCCC3)CC2=O)cc1. The van der Waals surface area contributed by atoms with E-state index in [-0.39, 0.29) is 23.3 Å². The lowest BCUT2D eigenvalue weighted by atomic mass is 9.79.